The van der Waals surface area contributed by atoms with Gasteiger partial charge in [0.05, 0.1) is 0 Å². The molecule has 4 heteroatoms. The van der Waals surface area contributed by atoms with Gasteiger partial charge in [-0.3, -0.25) is 5.84 Å². The summed E-state index contributed by atoms with van der Waals surface area (Å²) in [5.41, 5.74) is 6.04. The predicted octanol–water partition coefficient (Wildman–Crippen LogP) is 2.43. The number of anilines is 1. The predicted molar refractivity (Wildman–Crippen MR) is 58.2 cm³/mol. The van der Waals surface area contributed by atoms with Crippen molar-refractivity contribution in [2.24, 2.45) is 5.84 Å². The minimum absolute atomic E-state index is 0. The van der Waals surface area contributed by atoms with Crippen molar-refractivity contribution in [2.75, 3.05) is 5.43 Å². The number of hydrazine groups is 1. The van der Waals surface area contributed by atoms with Gasteiger partial charge in [-0.15, -0.1) is 24.8 Å². The third kappa shape index (κ3) is 3.81. The maximum atomic E-state index is 5.24. The van der Waals surface area contributed by atoms with Crippen molar-refractivity contribution in [3.8, 4) is 0 Å². The van der Waals surface area contributed by atoms with E-state index in [4.69, 9.17) is 5.84 Å². The van der Waals surface area contributed by atoms with Crippen molar-refractivity contribution >= 4 is 30.5 Å². The van der Waals surface area contributed by atoms with Gasteiger partial charge in [-0.1, -0.05) is 6.07 Å². The smallest absolute Gasteiger partial charge is 0.0490 e. The SMILES string of the molecule is Cc1cc(C)cc(NN)c1.Cl.Cl. The molecule has 2 nitrogen and oxygen atoms in total. The number of hydrogen-bond donors (Lipinski definition) is 2. The Morgan fingerprint density at radius 1 is 1.00 bits per heavy atom. The van der Waals surface area contributed by atoms with Gasteiger partial charge >= 0.3 is 0 Å². The molecule has 0 unspecified atom stereocenters. The molecule has 0 aromatic heterocycles. The zero-order chi connectivity index (χ0) is 7.56. The van der Waals surface area contributed by atoms with E-state index in [0.29, 0.717) is 0 Å². The third-order valence-corrected chi connectivity index (χ3v) is 1.39. The molecule has 0 fully saturated rings. The first-order valence-corrected chi connectivity index (χ1v) is 3.27. The Balaban J connectivity index is 0. The lowest BCUT2D eigenvalue weighted by Crippen LogP contribution is -2.06. The van der Waals surface area contributed by atoms with Crippen LogP contribution in [0.2, 0.25) is 0 Å². The Kier molecular flexibility index (Phi) is 7.19. The maximum Gasteiger partial charge on any atom is 0.0490 e. The lowest BCUT2D eigenvalue weighted by molar-refractivity contribution is 1.30. The monoisotopic (exact) mass is 208 g/mol. The second kappa shape index (κ2) is 6.12. The average Bonchev–Trinajstić information content (AvgIpc) is 1.85. The highest BCUT2D eigenvalue weighted by atomic mass is 35.5. The van der Waals surface area contributed by atoms with Gasteiger partial charge in [0.1, 0.15) is 0 Å². The topological polar surface area (TPSA) is 38.0 Å². The van der Waals surface area contributed by atoms with Gasteiger partial charge in [0.15, 0.2) is 0 Å². The van der Waals surface area contributed by atoms with E-state index < -0.39 is 0 Å². The van der Waals surface area contributed by atoms with Crippen LogP contribution in [0.15, 0.2) is 18.2 Å². The molecule has 3 N–H and O–H groups in total. The Labute approximate surface area is 85.3 Å². The van der Waals surface area contributed by atoms with Crippen LogP contribution in [0.25, 0.3) is 0 Å². The van der Waals surface area contributed by atoms with Crippen LogP contribution in [0.1, 0.15) is 11.1 Å². The van der Waals surface area contributed by atoms with Crippen molar-refractivity contribution in [2.45, 2.75) is 13.8 Å². The van der Waals surface area contributed by atoms with Crippen LogP contribution < -0.4 is 11.3 Å². The van der Waals surface area contributed by atoms with Crippen molar-refractivity contribution in [3.05, 3.63) is 29.3 Å². The van der Waals surface area contributed by atoms with E-state index >= 15 is 0 Å². The first kappa shape index (κ1) is 14.1. The number of nitrogens with one attached hydrogen (secondary N) is 1. The van der Waals surface area contributed by atoms with Crippen LogP contribution in [0.4, 0.5) is 5.69 Å². The van der Waals surface area contributed by atoms with E-state index in [1.54, 1.807) is 0 Å². The second-order valence-corrected chi connectivity index (χ2v) is 2.52. The normalized spacial score (nSPS) is 7.92. The van der Waals surface area contributed by atoms with E-state index in [1.165, 1.54) is 11.1 Å². The molecule has 0 saturated carbocycles. The largest absolute Gasteiger partial charge is 0.324 e. The molecule has 0 bridgehead atoms. The molecule has 1 aromatic rings. The van der Waals surface area contributed by atoms with Crippen LogP contribution in [-0.2, 0) is 0 Å². The van der Waals surface area contributed by atoms with Crippen molar-refractivity contribution in [3.63, 3.8) is 0 Å². The first-order chi connectivity index (χ1) is 4.72. The summed E-state index contributed by atoms with van der Waals surface area (Å²) < 4.78 is 0. The van der Waals surface area contributed by atoms with Gasteiger partial charge < -0.3 is 5.43 Å². The Hall–Kier alpha value is -0.440. The lowest BCUT2D eigenvalue weighted by Gasteiger charge is -2.02. The zero-order valence-corrected chi connectivity index (χ0v) is 8.76. The van der Waals surface area contributed by atoms with Crippen LogP contribution in [0.5, 0.6) is 0 Å². The van der Waals surface area contributed by atoms with Gasteiger partial charge in [-0.25, -0.2) is 0 Å². The molecular formula is C8H14Cl2N2. The number of nitrogens with two attached hydrogens (primary N) is 1. The summed E-state index contributed by atoms with van der Waals surface area (Å²) >= 11 is 0. The van der Waals surface area contributed by atoms with Crippen LogP contribution in [0.3, 0.4) is 0 Å². The van der Waals surface area contributed by atoms with Crippen molar-refractivity contribution < 1.29 is 0 Å². The molecule has 0 aliphatic rings. The third-order valence-electron chi connectivity index (χ3n) is 1.39. The van der Waals surface area contributed by atoms with Gasteiger partial charge in [-0.05, 0) is 37.1 Å². The van der Waals surface area contributed by atoms with Crippen molar-refractivity contribution in [1.82, 2.24) is 0 Å². The summed E-state index contributed by atoms with van der Waals surface area (Å²) in [5.74, 6) is 5.24. The maximum absolute atomic E-state index is 5.24. The van der Waals surface area contributed by atoms with Gasteiger partial charge in [0.25, 0.3) is 0 Å². The fourth-order valence-electron chi connectivity index (χ4n) is 1.06. The number of nitrogen functional groups attached to an aromatic ring is 1. The average molecular weight is 209 g/mol. The summed E-state index contributed by atoms with van der Waals surface area (Å²) in [5, 5.41) is 0. The summed E-state index contributed by atoms with van der Waals surface area (Å²) in [6.45, 7) is 4.10. The molecule has 0 saturated heterocycles. The van der Waals surface area contributed by atoms with Crippen molar-refractivity contribution in [1.29, 1.82) is 0 Å². The molecule has 70 valence electrons. The van der Waals surface area contributed by atoms with Gasteiger partial charge in [-0.2, -0.15) is 0 Å². The van der Waals surface area contributed by atoms with Gasteiger partial charge in [0, 0.05) is 5.69 Å². The van der Waals surface area contributed by atoms with Gasteiger partial charge in [0.2, 0.25) is 0 Å². The van der Waals surface area contributed by atoms with E-state index in [2.05, 4.69) is 11.5 Å². The highest BCUT2D eigenvalue weighted by Gasteiger charge is 1.90. The lowest BCUT2D eigenvalue weighted by atomic mass is 10.1. The highest BCUT2D eigenvalue weighted by molar-refractivity contribution is 5.85. The fraction of sp³-hybridized carbons (Fsp3) is 0.250. The van der Waals surface area contributed by atoms with Crippen LogP contribution in [0, 0.1) is 13.8 Å². The Morgan fingerprint density at radius 3 is 1.75 bits per heavy atom. The second-order valence-electron chi connectivity index (χ2n) is 2.52. The molecular weight excluding hydrogens is 195 g/mol. The molecule has 0 atom stereocenters. The van der Waals surface area contributed by atoms with Crippen LogP contribution in [-0.4, -0.2) is 0 Å². The molecule has 12 heavy (non-hydrogen) atoms. The van der Waals surface area contributed by atoms with E-state index in [0.717, 1.165) is 5.69 Å². The highest BCUT2D eigenvalue weighted by Crippen LogP contribution is 2.11. The first-order valence-electron chi connectivity index (χ1n) is 3.27. The molecule has 0 spiro atoms. The quantitative estimate of drug-likeness (QED) is 0.550. The fourth-order valence-corrected chi connectivity index (χ4v) is 1.06. The Morgan fingerprint density at radius 2 is 1.42 bits per heavy atom. The Bertz CT molecular complexity index is 218. The molecule has 0 radical (unpaired) electrons. The number of rotatable bonds is 1. The number of benzene rings is 1. The minimum atomic E-state index is 0. The zero-order valence-electron chi connectivity index (χ0n) is 7.13. The number of halogens is 2. The van der Waals surface area contributed by atoms with E-state index in [-0.39, 0.29) is 24.8 Å². The molecule has 0 amide bonds. The van der Waals surface area contributed by atoms with Crippen LogP contribution >= 0.6 is 24.8 Å². The molecule has 0 aliphatic carbocycles. The summed E-state index contributed by atoms with van der Waals surface area (Å²) in [4.78, 5) is 0. The summed E-state index contributed by atoms with van der Waals surface area (Å²) in [6.07, 6.45) is 0. The standard InChI is InChI=1S/C8H12N2.2ClH/c1-6-3-7(2)5-8(4-6)10-9;;/h3-5,10H,9H2,1-2H3;2*1H. The minimum Gasteiger partial charge on any atom is -0.324 e. The summed E-state index contributed by atoms with van der Waals surface area (Å²) in [7, 11) is 0. The molecule has 1 rings (SSSR count). The molecule has 0 heterocycles. The molecule has 1 aromatic carbocycles. The van der Waals surface area contributed by atoms with E-state index in [1.807, 2.05) is 26.0 Å². The van der Waals surface area contributed by atoms with E-state index in [9.17, 15) is 0 Å². The summed E-state index contributed by atoms with van der Waals surface area (Å²) in [6, 6.07) is 6.13. The number of aryl methyl sites for hydroxylation is 2. The number of hydrogen-bond acceptors (Lipinski definition) is 2. The molecule has 0 aliphatic heterocycles.